The van der Waals surface area contributed by atoms with Crippen LogP contribution in [0.5, 0.6) is 0 Å². The number of amides is 2. The summed E-state index contributed by atoms with van der Waals surface area (Å²) in [6.45, 7) is 5.10. The molecule has 7 nitrogen and oxygen atoms in total. The Morgan fingerprint density at radius 1 is 0.923 bits per heavy atom. The summed E-state index contributed by atoms with van der Waals surface area (Å²) in [5, 5.41) is 2.98. The van der Waals surface area contributed by atoms with Crippen LogP contribution in [0.25, 0.3) is 0 Å². The van der Waals surface area contributed by atoms with Crippen molar-refractivity contribution >= 4 is 27.5 Å². The number of hydrogen-bond acceptors (Lipinski definition) is 4. The van der Waals surface area contributed by atoms with Crippen LogP contribution in [0.1, 0.15) is 37.0 Å². The van der Waals surface area contributed by atoms with Crippen molar-refractivity contribution in [2.24, 2.45) is 0 Å². The number of carbonyl (C=O) groups excluding carboxylic acids is 2. The lowest BCUT2D eigenvalue weighted by atomic mass is 10.0. The predicted molar refractivity (Wildman–Crippen MR) is 152 cm³/mol. The van der Waals surface area contributed by atoms with Crippen molar-refractivity contribution in [1.82, 2.24) is 10.2 Å². The number of nitrogens with zero attached hydrogens (tertiary/aromatic N) is 2. The van der Waals surface area contributed by atoms with Gasteiger partial charge in [0.25, 0.3) is 0 Å². The molecule has 0 fully saturated rings. The zero-order valence-electron chi connectivity index (χ0n) is 22.8. The number of para-hydroxylation sites is 1. The summed E-state index contributed by atoms with van der Waals surface area (Å²) in [6, 6.07) is 20.9. The maximum absolute atomic E-state index is 14.0. The van der Waals surface area contributed by atoms with E-state index in [1.807, 2.05) is 44.2 Å². The molecule has 1 N–H and O–H groups in total. The fraction of sp³-hybridized carbons (Fsp3) is 0.333. The van der Waals surface area contributed by atoms with Crippen molar-refractivity contribution in [2.75, 3.05) is 17.1 Å². The second kappa shape index (κ2) is 13.4. The summed E-state index contributed by atoms with van der Waals surface area (Å²) in [5.41, 5.74) is 2.54. The maximum atomic E-state index is 14.0. The van der Waals surface area contributed by atoms with Gasteiger partial charge in [-0.3, -0.25) is 13.9 Å². The van der Waals surface area contributed by atoms with Crippen molar-refractivity contribution < 1.29 is 22.4 Å². The molecular formula is C30H36FN3O4S. The Morgan fingerprint density at radius 2 is 1.54 bits per heavy atom. The van der Waals surface area contributed by atoms with Gasteiger partial charge in [0, 0.05) is 19.0 Å². The van der Waals surface area contributed by atoms with Crippen molar-refractivity contribution in [3.05, 3.63) is 101 Å². The van der Waals surface area contributed by atoms with E-state index in [1.165, 1.54) is 17.0 Å². The Bertz CT molecular complexity index is 1360. The molecule has 2 unspecified atom stereocenters. The summed E-state index contributed by atoms with van der Waals surface area (Å²) in [4.78, 5) is 29.0. The summed E-state index contributed by atoms with van der Waals surface area (Å²) < 4.78 is 40.4. The van der Waals surface area contributed by atoms with Gasteiger partial charge in [-0.05, 0) is 55.2 Å². The predicted octanol–water partition coefficient (Wildman–Crippen LogP) is 4.45. The Kier molecular flexibility index (Phi) is 10.2. The third-order valence-electron chi connectivity index (χ3n) is 6.60. The molecular weight excluding hydrogens is 517 g/mol. The van der Waals surface area contributed by atoms with Crippen LogP contribution in [-0.4, -0.2) is 50.0 Å². The molecule has 0 heterocycles. The lowest BCUT2D eigenvalue weighted by Gasteiger charge is -2.34. The fourth-order valence-electron chi connectivity index (χ4n) is 4.22. The van der Waals surface area contributed by atoms with E-state index in [0.717, 1.165) is 16.1 Å². The number of nitrogens with one attached hydrogen (secondary N) is 1. The molecule has 39 heavy (non-hydrogen) atoms. The van der Waals surface area contributed by atoms with Crippen LogP contribution in [0.15, 0.2) is 78.9 Å². The van der Waals surface area contributed by atoms with Crippen molar-refractivity contribution in [3.8, 4) is 0 Å². The number of hydrogen-bond donors (Lipinski definition) is 1. The SMILES string of the molecule is CCC(C)NC(=O)C(Cc1ccccc1)N(Cc1ccc(F)cc1)C(=O)CN(c1ccccc1C)S(C)(=O)=O. The summed E-state index contributed by atoms with van der Waals surface area (Å²) in [7, 11) is -3.84. The molecule has 0 bridgehead atoms. The molecule has 0 aliphatic rings. The topological polar surface area (TPSA) is 86.8 Å². The minimum atomic E-state index is -3.84. The first kappa shape index (κ1) is 29.8. The van der Waals surface area contributed by atoms with Crippen LogP contribution in [0.4, 0.5) is 10.1 Å². The lowest BCUT2D eigenvalue weighted by Crippen LogP contribution is -2.54. The van der Waals surface area contributed by atoms with Gasteiger partial charge >= 0.3 is 0 Å². The number of benzene rings is 3. The van der Waals surface area contributed by atoms with Gasteiger partial charge in [0.05, 0.1) is 11.9 Å². The third kappa shape index (κ3) is 8.38. The van der Waals surface area contributed by atoms with E-state index in [9.17, 15) is 22.4 Å². The van der Waals surface area contributed by atoms with Crippen LogP contribution in [0, 0.1) is 12.7 Å². The first-order valence-corrected chi connectivity index (χ1v) is 14.8. The normalized spacial score (nSPS) is 12.8. The number of sulfonamides is 1. The van der Waals surface area contributed by atoms with E-state index in [1.54, 1.807) is 43.3 Å². The smallest absolute Gasteiger partial charge is 0.244 e. The minimum absolute atomic E-state index is 0.00405. The Hall–Kier alpha value is -3.72. The number of anilines is 1. The van der Waals surface area contributed by atoms with Crippen molar-refractivity contribution in [3.63, 3.8) is 0 Å². The molecule has 0 saturated heterocycles. The van der Waals surface area contributed by atoms with Gasteiger partial charge in [-0.15, -0.1) is 0 Å². The molecule has 2 amide bonds. The third-order valence-corrected chi connectivity index (χ3v) is 7.73. The van der Waals surface area contributed by atoms with Crippen LogP contribution in [0.2, 0.25) is 0 Å². The molecule has 2 atom stereocenters. The van der Waals surface area contributed by atoms with E-state index in [2.05, 4.69) is 5.32 Å². The van der Waals surface area contributed by atoms with E-state index in [4.69, 9.17) is 0 Å². The monoisotopic (exact) mass is 553 g/mol. The zero-order valence-corrected chi connectivity index (χ0v) is 23.6. The van der Waals surface area contributed by atoms with E-state index in [-0.39, 0.29) is 24.9 Å². The van der Waals surface area contributed by atoms with Crippen LogP contribution < -0.4 is 9.62 Å². The van der Waals surface area contributed by atoms with Gasteiger partial charge in [-0.2, -0.15) is 0 Å². The highest BCUT2D eigenvalue weighted by atomic mass is 32.2. The summed E-state index contributed by atoms with van der Waals surface area (Å²) >= 11 is 0. The van der Waals surface area contributed by atoms with E-state index < -0.39 is 34.3 Å². The number of aryl methyl sites for hydroxylation is 1. The molecule has 0 aromatic heterocycles. The average molecular weight is 554 g/mol. The summed E-state index contributed by atoms with van der Waals surface area (Å²) in [5.74, 6) is -1.31. The van der Waals surface area contributed by atoms with Gasteiger partial charge in [-0.25, -0.2) is 12.8 Å². The van der Waals surface area contributed by atoms with Crippen molar-refractivity contribution in [2.45, 2.75) is 52.2 Å². The molecule has 0 saturated carbocycles. The van der Waals surface area contributed by atoms with Gasteiger partial charge < -0.3 is 10.2 Å². The Morgan fingerprint density at radius 3 is 2.13 bits per heavy atom. The van der Waals surface area contributed by atoms with Crippen LogP contribution in [0.3, 0.4) is 0 Å². The second-order valence-electron chi connectivity index (χ2n) is 9.73. The largest absolute Gasteiger partial charge is 0.352 e. The molecule has 208 valence electrons. The van der Waals surface area contributed by atoms with E-state index >= 15 is 0 Å². The molecule has 0 radical (unpaired) electrons. The first-order valence-electron chi connectivity index (χ1n) is 12.9. The zero-order chi connectivity index (χ0) is 28.6. The van der Waals surface area contributed by atoms with E-state index in [0.29, 0.717) is 23.2 Å². The molecule has 0 spiro atoms. The number of carbonyl (C=O) groups is 2. The Labute approximate surface area is 230 Å². The second-order valence-corrected chi connectivity index (χ2v) is 11.6. The molecule has 9 heteroatoms. The van der Waals surface area contributed by atoms with Gasteiger partial charge in [0.15, 0.2) is 0 Å². The number of halogens is 1. The maximum Gasteiger partial charge on any atom is 0.244 e. The lowest BCUT2D eigenvalue weighted by molar-refractivity contribution is -0.140. The molecule has 0 aliphatic heterocycles. The highest BCUT2D eigenvalue weighted by molar-refractivity contribution is 7.92. The Balaban J connectivity index is 2.06. The van der Waals surface area contributed by atoms with Gasteiger partial charge in [0.2, 0.25) is 21.8 Å². The fourth-order valence-corrected chi connectivity index (χ4v) is 5.13. The highest BCUT2D eigenvalue weighted by Gasteiger charge is 2.33. The molecule has 3 aromatic rings. The highest BCUT2D eigenvalue weighted by Crippen LogP contribution is 2.23. The van der Waals surface area contributed by atoms with Crippen LogP contribution >= 0.6 is 0 Å². The van der Waals surface area contributed by atoms with Crippen molar-refractivity contribution in [1.29, 1.82) is 0 Å². The standard InChI is InChI=1S/C30H36FN3O4S/c1-5-23(3)32-30(36)28(19-24-12-7-6-8-13-24)33(20-25-15-17-26(31)18-16-25)29(35)21-34(39(4,37)38)27-14-10-9-11-22(27)2/h6-18,23,28H,5,19-21H2,1-4H3,(H,32,36). The average Bonchev–Trinajstić information content (AvgIpc) is 2.90. The summed E-state index contributed by atoms with van der Waals surface area (Å²) in [6.07, 6.45) is 1.97. The van der Waals surface area contributed by atoms with Gasteiger partial charge in [0.1, 0.15) is 18.4 Å². The molecule has 3 aromatic carbocycles. The first-order chi connectivity index (χ1) is 18.5. The molecule has 3 rings (SSSR count). The minimum Gasteiger partial charge on any atom is -0.352 e. The quantitative estimate of drug-likeness (QED) is 0.359. The van der Waals surface area contributed by atoms with Gasteiger partial charge in [-0.1, -0.05) is 67.6 Å². The molecule has 0 aliphatic carbocycles. The van der Waals surface area contributed by atoms with Crippen LogP contribution in [-0.2, 0) is 32.6 Å². The number of rotatable bonds is 12.